The van der Waals surface area contributed by atoms with Crippen LogP contribution < -0.4 is 4.90 Å². The Hall–Kier alpha value is -6.48. The molecule has 312 valence electrons. The minimum absolute atomic E-state index is 0.104. The van der Waals surface area contributed by atoms with E-state index in [0.29, 0.717) is 0 Å². The van der Waals surface area contributed by atoms with Crippen LogP contribution in [0, 0.1) is 0 Å². The zero-order valence-electron chi connectivity index (χ0n) is 37.6. The van der Waals surface area contributed by atoms with Crippen LogP contribution in [0.5, 0.6) is 0 Å². The number of nitrogens with zero attached hydrogens (tertiary/aromatic N) is 1. The van der Waals surface area contributed by atoms with E-state index < -0.39 is 0 Å². The fourth-order valence-electron chi connectivity index (χ4n) is 9.89. The molecule has 3 aliphatic rings. The second kappa shape index (κ2) is 18.1. The van der Waals surface area contributed by atoms with E-state index in [9.17, 15) is 0 Å². The molecule has 0 aliphatic heterocycles. The van der Waals surface area contributed by atoms with Gasteiger partial charge in [-0.2, -0.15) is 0 Å². The highest BCUT2D eigenvalue weighted by molar-refractivity contribution is 7.25. The van der Waals surface area contributed by atoms with Gasteiger partial charge in [0.15, 0.2) is 0 Å². The molecule has 8 aromatic rings. The van der Waals surface area contributed by atoms with Gasteiger partial charge in [0.1, 0.15) is 0 Å². The minimum atomic E-state index is 0.104. The summed E-state index contributed by atoms with van der Waals surface area (Å²) in [4.78, 5) is 2.46. The average molecular weight is 836 g/mol. The lowest BCUT2D eigenvalue weighted by Gasteiger charge is -2.30. The Labute approximate surface area is 379 Å². The number of rotatable bonds is 7. The second-order valence-corrected chi connectivity index (χ2v) is 17.8. The van der Waals surface area contributed by atoms with Crippen LogP contribution in [0.4, 0.5) is 11.4 Å². The zero-order valence-corrected chi connectivity index (χ0v) is 38.4. The van der Waals surface area contributed by atoms with Gasteiger partial charge >= 0.3 is 0 Å². The summed E-state index contributed by atoms with van der Waals surface area (Å²) in [5.74, 6) is 0. The Morgan fingerprint density at radius 2 is 1.11 bits per heavy atom. The zero-order chi connectivity index (χ0) is 43.5. The van der Waals surface area contributed by atoms with E-state index in [1.807, 2.05) is 39.0 Å². The van der Waals surface area contributed by atoms with Crippen molar-refractivity contribution in [2.75, 3.05) is 4.90 Å². The lowest BCUT2D eigenvalue weighted by Crippen LogP contribution is -2.18. The predicted octanol–water partition coefficient (Wildman–Crippen LogP) is 18.4. The Morgan fingerprint density at radius 1 is 0.492 bits per heavy atom. The summed E-state index contributed by atoms with van der Waals surface area (Å²) in [6, 6.07) is 60.7. The van der Waals surface area contributed by atoms with Gasteiger partial charge in [0, 0.05) is 42.7 Å². The maximum absolute atomic E-state index is 2.46. The molecule has 2 heteroatoms. The van der Waals surface area contributed by atoms with Crippen LogP contribution >= 0.6 is 11.3 Å². The SMILES string of the molecule is CC.CC.CC1(C)C2=C(C=CCC2)c2cc(-c3ccc(-c4ccc(N(C5=CC=C(c6cccc7sc8ccccc8c67)CC5)c5cccc(-c6ccccc6)c5)cc4)cc3)ccc21. The predicted molar refractivity (Wildman–Crippen MR) is 277 cm³/mol. The van der Waals surface area contributed by atoms with Gasteiger partial charge < -0.3 is 4.90 Å². The van der Waals surface area contributed by atoms with Crippen molar-refractivity contribution in [3.8, 4) is 33.4 Å². The van der Waals surface area contributed by atoms with Gasteiger partial charge in [-0.25, -0.2) is 0 Å². The molecule has 0 fully saturated rings. The smallest absolute Gasteiger partial charge is 0.0464 e. The maximum Gasteiger partial charge on any atom is 0.0464 e. The van der Waals surface area contributed by atoms with Crippen LogP contribution in [0.25, 0.3) is 64.7 Å². The van der Waals surface area contributed by atoms with Gasteiger partial charge in [-0.1, -0.05) is 187 Å². The Kier molecular flexibility index (Phi) is 12.0. The molecule has 63 heavy (non-hydrogen) atoms. The van der Waals surface area contributed by atoms with Gasteiger partial charge in [-0.15, -0.1) is 11.3 Å². The van der Waals surface area contributed by atoms with E-state index in [-0.39, 0.29) is 5.41 Å². The quantitative estimate of drug-likeness (QED) is 0.155. The summed E-state index contributed by atoms with van der Waals surface area (Å²) in [6.07, 6.45) is 13.7. The number of thiophene rings is 1. The van der Waals surface area contributed by atoms with Crippen LogP contribution in [-0.2, 0) is 5.41 Å². The van der Waals surface area contributed by atoms with Crippen LogP contribution in [0.3, 0.4) is 0 Å². The maximum atomic E-state index is 2.46. The summed E-state index contributed by atoms with van der Waals surface area (Å²) in [6.45, 7) is 12.8. The van der Waals surface area contributed by atoms with Crippen LogP contribution in [0.1, 0.15) is 83.9 Å². The first kappa shape index (κ1) is 41.9. The molecule has 1 nitrogen and oxygen atoms in total. The third-order valence-corrected chi connectivity index (χ3v) is 14.1. The third-order valence-electron chi connectivity index (χ3n) is 13.0. The van der Waals surface area contributed by atoms with Gasteiger partial charge in [0.2, 0.25) is 0 Å². The molecule has 1 heterocycles. The van der Waals surface area contributed by atoms with Crippen LogP contribution in [0.2, 0.25) is 0 Å². The van der Waals surface area contributed by atoms with Gasteiger partial charge in [-0.3, -0.25) is 0 Å². The molecule has 0 spiro atoms. The van der Waals surface area contributed by atoms with Crippen molar-refractivity contribution >= 4 is 54.0 Å². The van der Waals surface area contributed by atoms with E-state index >= 15 is 0 Å². The summed E-state index contributed by atoms with van der Waals surface area (Å²) in [5.41, 5.74) is 19.8. The fraction of sp³-hybridized carbons (Fsp3) is 0.180. The molecule has 0 atom stereocenters. The summed E-state index contributed by atoms with van der Waals surface area (Å²) in [5, 5.41) is 2.74. The van der Waals surface area contributed by atoms with E-state index in [4.69, 9.17) is 0 Å². The summed E-state index contributed by atoms with van der Waals surface area (Å²) in [7, 11) is 0. The number of hydrogen-bond acceptors (Lipinski definition) is 2. The van der Waals surface area contributed by atoms with Crippen molar-refractivity contribution in [3.63, 3.8) is 0 Å². The molecule has 11 rings (SSSR count). The number of allylic oxidation sites excluding steroid dienone is 8. The lowest BCUT2D eigenvalue weighted by molar-refractivity contribution is 0.607. The highest BCUT2D eigenvalue weighted by atomic mass is 32.1. The summed E-state index contributed by atoms with van der Waals surface area (Å²) >= 11 is 1.89. The Morgan fingerprint density at radius 3 is 1.86 bits per heavy atom. The lowest BCUT2D eigenvalue weighted by atomic mass is 9.78. The van der Waals surface area contributed by atoms with Gasteiger partial charge in [0.05, 0.1) is 0 Å². The molecule has 7 aromatic carbocycles. The monoisotopic (exact) mass is 835 g/mol. The molecule has 3 aliphatic carbocycles. The van der Waals surface area contributed by atoms with E-state index in [1.54, 1.807) is 5.57 Å². The molecule has 0 radical (unpaired) electrons. The molecule has 0 saturated carbocycles. The van der Waals surface area contributed by atoms with Crippen LogP contribution in [0.15, 0.2) is 199 Å². The standard InChI is InChI=1S/C57H45NS.2C2H6/c1-57(2)52-19-8-6-16-49(52)51-37-44(30-35-53(51)57)41-24-22-39(23-25-41)40-26-31-45(32-27-40)58(47-15-10-14-43(36-47)38-12-4-3-5-13-38)46-33-28-42(29-34-46)48-18-11-21-55-56(48)50-17-7-9-20-54(50)59-55;2*1-2/h3-7,9-18,20-28,30-33,35-37H,8,19,29,34H2,1-2H3;2*1-2H3. The normalized spacial score (nSPS) is 14.8. The molecule has 0 bridgehead atoms. The van der Waals surface area contributed by atoms with Gasteiger partial charge in [-0.05, 0) is 135 Å². The molecular weight excluding hydrogens is 779 g/mol. The number of hydrogen-bond donors (Lipinski definition) is 0. The van der Waals surface area contributed by atoms with E-state index in [0.717, 1.165) is 31.4 Å². The number of anilines is 2. The number of fused-ring (bicyclic) bond motifs is 5. The average Bonchev–Trinajstić information content (AvgIpc) is 3.85. The summed E-state index contributed by atoms with van der Waals surface area (Å²) < 4.78 is 2.71. The molecule has 0 unspecified atom stereocenters. The van der Waals surface area contributed by atoms with Gasteiger partial charge in [0.25, 0.3) is 0 Å². The first-order chi connectivity index (χ1) is 31.0. The first-order valence-electron chi connectivity index (χ1n) is 23.0. The van der Waals surface area contributed by atoms with Crippen molar-refractivity contribution in [2.24, 2.45) is 0 Å². The van der Waals surface area contributed by atoms with Crippen molar-refractivity contribution in [1.29, 1.82) is 0 Å². The van der Waals surface area contributed by atoms with Crippen molar-refractivity contribution in [2.45, 2.75) is 72.6 Å². The van der Waals surface area contributed by atoms with Crippen molar-refractivity contribution < 1.29 is 0 Å². The highest BCUT2D eigenvalue weighted by Gasteiger charge is 2.37. The molecule has 0 N–H and O–H groups in total. The fourth-order valence-corrected chi connectivity index (χ4v) is 11.0. The largest absolute Gasteiger partial charge is 0.314 e. The van der Waals surface area contributed by atoms with Crippen molar-refractivity contribution in [3.05, 3.63) is 216 Å². The number of benzene rings is 7. The Bertz CT molecular complexity index is 3040. The van der Waals surface area contributed by atoms with Crippen molar-refractivity contribution in [1.82, 2.24) is 0 Å². The second-order valence-electron chi connectivity index (χ2n) is 16.7. The van der Waals surface area contributed by atoms with Crippen LogP contribution in [-0.4, -0.2) is 0 Å². The minimum Gasteiger partial charge on any atom is -0.314 e. The van der Waals surface area contributed by atoms with E-state index in [2.05, 4.69) is 207 Å². The van der Waals surface area contributed by atoms with E-state index in [1.165, 1.54) is 92.8 Å². The highest BCUT2D eigenvalue weighted by Crippen LogP contribution is 2.51. The third kappa shape index (κ3) is 7.83. The molecular formula is C61H57NS. The molecule has 0 amide bonds. The first-order valence-corrected chi connectivity index (χ1v) is 23.8. The molecule has 0 saturated heterocycles. The molecule has 1 aromatic heterocycles. The topological polar surface area (TPSA) is 3.24 Å². The Balaban J connectivity index is 0.00000123.